The Morgan fingerprint density at radius 2 is 1.79 bits per heavy atom. The molecule has 19 heavy (non-hydrogen) atoms. The second-order valence-electron chi connectivity index (χ2n) is 5.49. The van der Waals surface area contributed by atoms with Crippen molar-refractivity contribution in [2.45, 2.75) is 51.6 Å². The molecule has 0 radical (unpaired) electrons. The van der Waals surface area contributed by atoms with Gasteiger partial charge in [-0.05, 0) is 23.5 Å². The Labute approximate surface area is 115 Å². The Kier molecular flexibility index (Phi) is 5.40. The SMILES string of the molecule is NCc1ccc(CNC(=O)CCC2CCCC2)cc1. The average Bonchev–Trinajstić information content (AvgIpc) is 2.96. The zero-order valence-corrected chi connectivity index (χ0v) is 11.5. The van der Waals surface area contributed by atoms with Gasteiger partial charge in [-0.3, -0.25) is 4.79 Å². The van der Waals surface area contributed by atoms with Gasteiger partial charge in [0, 0.05) is 19.5 Å². The van der Waals surface area contributed by atoms with Crippen LogP contribution >= 0.6 is 0 Å². The molecule has 1 aliphatic rings. The van der Waals surface area contributed by atoms with E-state index in [1.807, 2.05) is 24.3 Å². The molecule has 0 saturated heterocycles. The van der Waals surface area contributed by atoms with E-state index in [-0.39, 0.29) is 5.91 Å². The molecule has 1 amide bonds. The van der Waals surface area contributed by atoms with Crippen LogP contribution in [0.15, 0.2) is 24.3 Å². The van der Waals surface area contributed by atoms with Gasteiger partial charge in [-0.2, -0.15) is 0 Å². The molecule has 1 aromatic carbocycles. The summed E-state index contributed by atoms with van der Waals surface area (Å²) in [6, 6.07) is 8.08. The minimum absolute atomic E-state index is 0.176. The minimum atomic E-state index is 0.176. The van der Waals surface area contributed by atoms with Gasteiger partial charge in [0.1, 0.15) is 0 Å². The molecule has 1 aliphatic carbocycles. The zero-order chi connectivity index (χ0) is 13.5. The van der Waals surface area contributed by atoms with Crippen LogP contribution in [0.25, 0.3) is 0 Å². The summed E-state index contributed by atoms with van der Waals surface area (Å²) < 4.78 is 0. The Morgan fingerprint density at radius 1 is 1.16 bits per heavy atom. The van der Waals surface area contributed by atoms with Crippen molar-refractivity contribution >= 4 is 5.91 Å². The molecular formula is C16H24N2O. The normalized spacial score (nSPS) is 15.6. The molecule has 0 bridgehead atoms. The van der Waals surface area contributed by atoms with Crippen molar-refractivity contribution in [1.82, 2.24) is 5.32 Å². The lowest BCUT2D eigenvalue weighted by Gasteiger charge is -2.09. The zero-order valence-electron chi connectivity index (χ0n) is 11.5. The van der Waals surface area contributed by atoms with E-state index >= 15 is 0 Å². The molecule has 0 spiro atoms. The van der Waals surface area contributed by atoms with Gasteiger partial charge in [-0.25, -0.2) is 0 Å². The number of hydrogen-bond donors (Lipinski definition) is 2. The third-order valence-corrected chi connectivity index (χ3v) is 4.00. The van der Waals surface area contributed by atoms with Gasteiger partial charge in [0.15, 0.2) is 0 Å². The highest BCUT2D eigenvalue weighted by molar-refractivity contribution is 5.75. The smallest absolute Gasteiger partial charge is 0.220 e. The summed E-state index contributed by atoms with van der Waals surface area (Å²) >= 11 is 0. The molecule has 0 unspecified atom stereocenters. The number of benzene rings is 1. The number of nitrogens with one attached hydrogen (secondary N) is 1. The molecule has 2 rings (SSSR count). The summed E-state index contributed by atoms with van der Waals surface area (Å²) in [5, 5.41) is 2.99. The number of hydrogen-bond acceptors (Lipinski definition) is 2. The first-order valence-corrected chi connectivity index (χ1v) is 7.32. The molecule has 0 heterocycles. The molecule has 0 atom stereocenters. The maximum Gasteiger partial charge on any atom is 0.220 e. The molecule has 1 aromatic rings. The number of amides is 1. The molecular weight excluding hydrogens is 236 g/mol. The number of nitrogens with two attached hydrogens (primary N) is 1. The minimum Gasteiger partial charge on any atom is -0.352 e. The van der Waals surface area contributed by atoms with Gasteiger partial charge < -0.3 is 11.1 Å². The van der Waals surface area contributed by atoms with Crippen molar-refractivity contribution in [3.05, 3.63) is 35.4 Å². The molecule has 0 aromatic heterocycles. The summed E-state index contributed by atoms with van der Waals surface area (Å²) in [7, 11) is 0. The number of rotatable bonds is 6. The van der Waals surface area contributed by atoms with Crippen LogP contribution < -0.4 is 11.1 Å². The Hall–Kier alpha value is -1.35. The fourth-order valence-electron chi connectivity index (χ4n) is 2.72. The maximum absolute atomic E-state index is 11.8. The van der Waals surface area contributed by atoms with Crippen LogP contribution in [0.2, 0.25) is 0 Å². The second-order valence-corrected chi connectivity index (χ2v) is 5.49. The third kappa shape index (κ3) is 4.67. The van der Waals surface area contributed by atoms with Gasteiger partial charge >= 0.3 is 0 Å². The molecule has 0 aliphatic heterocycles. The lowest BCUT2D eigenvalue weighted by Crippen LogP contribution is -2.23. The summed E-state index contributed by atoms with van der Waals surface area (Å²) in [6.07, 6.45) is 7.05. The van der Waals surface area contributed by atoms with Gasteiger partial charge in [0.25, 0.3) is 0 Å². The van der Waals surface area contributed by atoms with Crippen LogP contribution in [-0.4, -0.2) is 5.91 Å². The van der Waals surface area contributed by atoms with Gasteiger partial charge in [0.05, 0.1) is 0 Å². The first-order valence-electron chi connectivity index (χ1n) is 7.32. The summed E-state index contributed by atoms with van der Waals surface area (Å²) in [5.41, 5.74) is 7.80. The summed E-state index contributed by atoms with van der Waals surface area (Å²) in [4.78, 5) is 11.8. The van der Waals surface area contributed by atoms with E-state index in [1.165, 1.54) is 25.7 Å². The fraction of sp³-hybridized carbons (Fsp3) is 0.562. The first kappa shape index (κ1) is 14.1. The lowest BCUT2D eigenvalue weighted by atomic mass is 10.0. The van der Waals surface area contributed by atoms with Crippen molar-refractivity contribution in [3.63, 3.8) is 0 Å². The van der Waals surface area contributed by atoms with Crippen LogP contribution in [0.5, 0.6) is 0 Å². The molecule has 3 heteroatoms. The van der Waals surface area contributed by atoms with E-state index in [4.69, 9.17) is 5.73 Å². The first-order chi connectivity index (χ1) is 9.28. The molecule has 1 saturated carbocycles. The molecule has 104 valence electrons. The Bertz CT molecular complexity index is 394. The maximum atomic E-state index is 11.8. The Morgan fingerprint density at radius 3 is 2.42 bits per heavy atom. The molecule has 3 N–H and O–H groups in total. The van der Waals surface area contributed by atoms with Crippen LogP contribution in [0.3, 0.4) is 0 Å². The van der Waals surface area contributed by atoms with E-state index in [0.29, 0.717) is 19.5 Å². The Balaban J connectivity index is 1.67. The van der Waals surface area contributed by atoms with Crippen molar-refractivity contribution < 1.29 is 4.79 Å². The van der Waals surface area contributed by atoms with E-state index in [0.717, 1.165) is 23.5 Å². The number of carbonyl (C=O) groups is 1. The van der Waals surface area contributed by atoms with Crippen molar-refractivity contribution in [2.24, 2.45) is 11.7 Å². The average molecular weight is 260 g/mol. The topological polar surface area (TPSA) is 55.1 Å². The standard InChI is InChI=1S/C16H24N2O/c17-11-14-5-7-15(8-6-14)12-18-16(19)10-9-13-3-1-2-4-13/h5-8,13H,1-4,9-12,17H2,(H,18,19). The van der Waals surface area contributed by atoms with E-state index in [2.05, 4.69) is 5.32 Å². The van der Waals surface area contributed by atoms with Crippen LogP contribution in [0.1, 0.15) is 49.7 Å². The van der Waals surface area contributed by atoms with E-state index in [1.54, 1.807) is 0 Å². The monoisotopic (exact) mass is 260 g/mol. The van der Waals surface area contributed by atoms with Crippen molar-refractivity contribution in [1.29, 1.82) is 0 Å². The van der Waals surface area contributed by atoms with Gasteiger partial charge in [-0.15, -0.1) is 0 Å². The van der Waals surface area contributed by atoms with Gasteiger partial charge in [0.2, 0.25) is 5.91 Å². The largest absolute Gasteiger partial charge is 0.352 e. The highest BCUT2D eigenvalue weighted by atomic mass is 16.1. The quantitative estimate of drug-likeness (QED) is 0.826. The molecule has 1 fully saturated rings. The van der Waals surface area contributed by atoms with Crippen LogP contribution in [-0.2, 0) is 17.9 Å². The van der Waals surface area contributed by atoms with Gasteiger partial charge in [-0.1, -0.05) is 49.9 Å². The third-order valence-electron chi connectivity index (χ3n) is 4.00. The fourth-order valence-corrected chi connectivity index (χ4v) is 2.72. The van der Waals surface area contributed by atoms with Crippen molar-refractivity contribution in [3.8, 4) is 0 Å². The number of carbonyl (C=O) groups excluding carboxylic acids is 1. The predicted octanol–water partition coefficient (Wildman–Crippen LogP) is 2.73. The van der Waals surface area contributed by atoms with Crippen LogP contribution in [0.4, 0.5) is 0 Å². The molecule has 3 nitrogen and oxygen atoms in total. The highest BCUT2D eigenvalue weighted by Gasteiger charge is 2.15. The van der Waals surface area contributed by atoms with E-state index < -0.39 is 0 Å². The van der Waals surface area contributed by atoms with Crippen LogP contribution in [0, 0.1) is 5.92 Å². The summed E-state index contributed by atoms with van der Waals surface area (Å²) in [5.74, 6) is 0.962. The van der Waals surface area contributed by atoms with Crippen molar-refractivity contribution in [2.75, 3.05) is 0 Å². The second kappa shape index (κ2) is 7.29. The van der Waals surface area contributed by atoms with E-state index in [9.17, 15) is 4.79 Å². The summed E-state index contributed by atoms with van der Waals surface area (Å²) in [6.45, 7) is 1.18. The predicted molar refractivity (Wildman–Crippen MR) is 77.4 cm³/mol. The lowest BCUT2D eigenvalue weighted by molar-refractivity contribution is -0.121. The highest BCUT2D eigenvalue weighted by Crippen LogP contribution is 2.28.